The molecule has 0 saturated heterocycles. The zero-order valence-electron chi connectivity index (χ0n) is 28.6. The molecule has 2 heteroatoms. The van der Waals surface area contributed by atoms with Crippen LogP contribution in [0.25, 0.3) is 66.1 Å². The molecule has 51 heavy (non-hydrogen) atoms. The molecule has 0 fully saturated rings. The maximum absolute atomic E-state index is 7.12. The number of furan rings is 1. The molecule has 0 bridgehead atoms. The highest BCUT2D eigenvalue weighted by Crippen LogP contribution is 2.53. The molecule has 8 aromatic carbocycles. The van der Waals surface area contributed by atoms with Crippen LogP contribution in [-0.2, 0) is 5.41 Å². The lowest BCUT2D eigenvalue weighted by Gasteiger charge is -2.30. The van der Waals surface area contributed by atoms with Crippen molar-refractivity contribution in [3.8, 4) is 33.4 Å². The Hall–Kier alpha value is -6.38. The molecule has 0 radical (unpaired) electrons. The van der Waals surface area contributed by atoms with E-state index in [1.54, 1.807) is 0 Å². The number of rotatable bonds is 5. The van der Waals surface area contributed by atoms with E-state index in [0.717, 1.165) is 55.5 Å². The average molecular weight is 654 g/mol. The summed E-state index contributed by atoms with van der Waals surface area (Å²) in [6, 6.07) is 63.6. The Morgan fingerprint density at radius 2 is 1.00 bits per heavy atom. The van der Waals surface area contributed by atoms with Crippen LogP contribution in [0, 0.1) is 0 Å². The van der Waals surface area contributed by atoms with Crippen LogP contribution in [0.15, 0.2) is 180 Å². The van der Waals surface area contributed by atoms with Crippen molar-refractivity contribution in [2.24, 2.45) is 0 Å². The zero-order valence-corrected chi connectivity index (χ0v) is 28.6. The van der Waals surface area contributed by atoms with E-state index in [1.165, 1.54) is 38.8 Å². The fourth-order valence-electron chi connectivity index (χ4n) is 8.30. The third-order valence-electron chi connectivity index (χ3n) is 10.9. The van der Waals surface area contributed by atoms with Gasteiger partial charge in [-0.3, -0.25) is 0 Å². The fraction of sp³-hybridized carbons (Fsp3) is 0.0612. The van der Waals surface area contributed by atoms with Crippen molar-refractivity contribution in [3.63, 3.8) is 0 Å². The summed E-state index contributed by atoms with van der Waals surface area (Å²) >= 11 is 0. The van der Waals surface area contributed by atoms with Gasteiger partial charge < -0.3 is 9.32 Å². The Bertz CT molecular complexity index is 2760. The van der Waals surface area contributed by atoms with Gasteiger partial charge in [-0.15, -0.1) is 0 Å². The average Bonchev–Trinajstić information content (AvgIpc) is 3.68. The quantitative estimate of drug-likeness (QED) is 0.184. The lowest BCUT2D eigenvalue weighted by molar-refractivity contribution is 0.660. The Labute approximate surface area is 297 Å². The van der Waals surface area contributed by atoms with Crippen molar-refractivity contribution in [2.45, 2.75) is 19.3 Å². The van der Waals surface area contributed by atoms with Gasteiger partial charge in [0.1, 0.15) is 5.58 Å². The van der Waals surface area contributed by atoms with E-state index in [1.807, 2.05) is 0 Å². The van der Waals surface area contributed by atoms with Crippen molar-refractivity contribution < 1.29 is 4.42 Å². The van der Waals surface area contributed by atoms with Crippen molar-refractivity contribution in [2.75, 3.05) is 4.90 Å². The lowest BCUT2D eigenvalue weighted by atomic mass is 9.82. The van der Waals surface area contributed by atoms with Gasteiger partial charge in [-0.25, -0.2) is 0 Å². The normalized spacial score (nSPS) is 13.1. The standard InChI is InChI=1S/C49H35NO/c1-49(2)44-20-12-11-19-40(44)41-28-26-37(31-45(41)49)50(36-24-21-33(22-25-36)32-13-5-3-6-14-32)46-38(34-15-7-4-8-16-34)29-30-43-42-27-23-35-17-9-10-18-39(35)47(42)51-48(43)46/h3-31H,1-2H3. The molecular weight excluding hydrogens is 619 g/mol. The summed E-state index contributed by atoms with van der Waals surface area (Å²) in [7, 11) is 0. The molecule has 1 heterocycles. The Morgan fingerprint density at radius 1 is 0.412 bits per heavy atom. The third kappa shape index (κ3) is 4.57. The van der Waals surface area contributed by atoms with Crippen LogP contribution in [-0.4, -0.2) is 0 Å². The summed E-state index contributed by atoms with van der Waals surface area (Å²) < 4.78 is 7.12. The van der Waals surface area contributed by atoms with Gasteiger partial charge in [0.25, 0.3) is 0 Å². The van der Waals surface area contributed by atoms with E-state index in [9.17, 15) is 0 Å². The molecule has 2 nitrogen and oxygen atoms in total. The maximum Gasteiger partial charge on any atom is 0.160 e. The van der Waals surface area contributed by atoms with E-state index < -0.39 is 0 Å². The summed E-state index contributed by atoms with van der Waals surface area (Å²) in [5.74, 6) is 0. The van der Waals surface area contributed by atoms with Gasteiger partial charge in [-0.1, -0.05) is 153 Å². The van der Waals surface area contributed by atoms with E-state index >= 15 is 0 Å². The second kappa shape index (κ2) is 11.3. The molecular formula is C49H35NO. The van der Waals surface area contributed by atoms with Crippen LogP contribution in [0.3, 0.4) is 0 Å². The van der Waals surface area contributed by atoms with Gasteiger partial charge >= 0.3 is 0 Å². The zero-order chi connectivity index (χ0) is 34.1. The predicted molar refractivity (Wildman–Crippen MR) is 214 cm³/mol. The van der Waals surface area contributed by atoms with Crippen LogP contribution in [0.5, 0.6) is 0 Å². The molecule has 0 unspecified atom stereocenters. The molecule has 0 N–H and O–H groups in total. The van der Waals surface area contributed by atoms with Gasteiger partial charge in [-0.05, 0) is 80.7 Å². The molecule has 9 aromatic rings. The number of hydrogen-bond donors (Lipinski definition) is 0. The first kappa shape index (κ1) is 29.5. The summed E-state index contributed by atoms with van der Waals surface area (Å²) in [5, 5.41) is 4.51. The molecule has 0 aliphatic heterocycles. The van der Waals surface area contributed by atoms with Crippen molar-refractivity contribution in [1.29, 1.82) is 0 Å². The van der Waals surface area contributed by atoms with Crippen LogP contribution in [0.1, 0.15) is 25.0 Å². The first-order valence-electron chi connectivity index (χ1n) is 17.7. The molecule has 242 valence electrons. The number of benzene rings is 8. The molecule has 1 aromatic heterocycles. The minimum atomic E-state index is -0.142. The van der Waals surface area contributed by atoms with Gasteiger partial charge in [0.2, 0.25) is 0 Å². The maximum atomic E-state index is 7.12. The van der Waals surface area contributed by atoms with E-state index in [4.69, 9.17) is 4.42 Å². The first-order chi connectivity index (χ1) is 25.1. The number of hydrogen-bond acceptors (Lipinski definition) is 2. The summed E-state index contributed by atoms with van der Waals surface area (Å²) in [6.45, 7) is 4.70. The predicted octanol–water partition coefficient (Wildman–Crippen LogP) is 13.8. The first-order valence-corrected chi connectivity index (χ1v) is 17.7. The highest BCUT2D eigenvalue weighted by molar-refractivity contribution is 6.19. The molecule has 0 saturated carbocycles. The molecule has 0 amide bonds. The van der Waals surface area contributed by atoms with Crippen LogP contribution >= 0.6 is 0 Å². The second-order valence-corrected chi connectivity index (χ2v) is 14.1. The van der Waals surface area contributed by atoms with E-state index in [-0.39, 0.29) is 5.41 Å². The molecule has 1 aliphatic carbocycles. The number of anilines is 3. The van der Waals surface area contributed by atoms with Gasteiger partial charge in [0, 0.05) is 38.5 Å². The Balaban J connectivity index is 1.28. The number of nitrogens with zero attached hydrogens (tertiary/aromatic N) is 1. The molecule has 10 rings (SSSR count). The number of fused-ring (bicyclic) bond motifs is 8. The molecule has 0 spiro atoms. The monoisotopic (exact) mass is 653 g/mol. The van der Waals surface area contributed by atoms with Gasteiger partial charge in [0.15, 0.2) is 5.58 Å². The molecule has 1 aliphatic rings. The lowest BCUT2D eigenvalue weighted by Crippen LogP contribution is -2.17. The van der Waals surface area contributed by atoms with Crippen LogP contribution < -0.4 is 4.90 Å². The third-order valence-corrected chi connectivity index (χ3v) is 10.9. The van der Waals surface area contributed by atoms with E-state index in [2.05, 4.69) is 195 Å². The van der Waals surface area contributed by atoms with E-state index in [0.29, 0.717) is 0 Å². The van der Waals surface area contributed by atoms with Gasteiger partial charge in [0.05, 0.1) is 5.69 Å². The van der Waals surface area contributed by atoms with Crippen molar-refractivity contribution in [3.05, 3.63) is 187 Å². The smallest absolute Gasteiger partial charge is 0.160 e. The highest BCUT2D eigenvalue weighted by Gasteiger charge is 2.36. The summed E-state index contributed by atoms with van der Waals surface area (Å²) in [6.07, 6.45) is 0. The van der Waals surface area contributed by atoms with Crippen molar-refractivity contribution >= 4 is 49.8 Å². The Morgan fingerprint density at radius 3 is 1.80 bits per heavy atom. The SMILES string of the molecule is CC1(C)c2ccccc2-c2ccc(N(c3ccc(-c4ccccc4)cc3)c3c(-c4ccccc4)ccc4c3oc3c5ccccc5ccc43)cc21. The van der Waals surface area contributed by atoms with Crippen LogP contribution in [0.4, 0.5) is 17.1 Å². The largest absolute Gasteiger partial charge is 0.453 e. The second-order valence-electron chi connectivity index (χ2n) is 14.1. The topological polar surface area (TPSA) is 16.4 Å². The fourth-order valence-corrected chi connectivity index (χ4v) is 8.30. The van der Waals surface area contributed by atoms with Crippen molar-refractivity contribution in [1.82, 2.24) is 0 Å². The van der Waals surface area contributed by atoms with Crippen LogP contribution in [0.2, 0.25) is 0 Å². The minimum Gasteiger partial charge on any atom is -0.453 e. The highest BCUT2D eigenvalue weighted by atomic mass is 16.3. The van der Waals surface area contributed by atoms with Gasteiger partial charge in [-0.2, -0.15) is 0 Å². The molecule has 0 atom stereocenters. The summed E-state index contributed by atoms with van der Waals surface area (Å²) in [4.78, 5) is 2.42. The Kier molecular flexibility index (Phi) is 6.56. The summed E-state index contributed by atoms with van der Waals surface area (Å²) in [5.41, 5.74) is 14.8. The minimum absolute atomic E-state index is 0.142.